The molecule has 0 fully saturated rings. The molecule has 0 aliphatic carbocycles. The Kier molecular flexibility index (Phi) is 6.55. The molecule has 3 aromatic rings. The maximum absolute atomic E-state index is 14.0. The lowest BCUT2D eigenvalue weighted by atomic mass is 9.92. The van der Waals surface area contributed by atoms with Gasteiger partial charge in [-0.1, -0.05) is 41.5 Å². The van der Waals surface area contributed by atoms with Crippen LogP contribution in [0, 0.1) is 48.5 Å². The lowest BCUT2D eigenvalue weighted by Gasteiger charge is -2.23. The number of esters is 2. The first-order valence-corrected chi connectivity index (χ1v) is 11.7. The summed E-state index contributed by atoms with van der Waals surface area (Å²) in [4.78, 5) is 40.7. The van der Waals surface area contributed by atoms with Gasteiger partial charge in [-0.25, -0.2) is 9.59 Å². The van der Waals surface area contributed by atoms with Gasteiger partial charge in [0, 0.05) is 5.56 Å². The van der Waals surface area contributed by atoms with Crippen molar-refractivity contribution in [2.75, 3.05) is 5.32 Å². The minimum Gasteiger partial charge on any atom is -0.422 e. The number of Topliss-reactive ketones (excluding diaryl/α,β-unsaturated/α-hetero) is 1. The molecular weight excluding hydrogens is 454 g/mol. The van der Waals surface area contributed by atoms with Gasteiger partial charge in [0.2, 0.25) is 5.78 Å². The number of carbonyl (C=O) groups excluding carboxylic acids is 3. The van der Waals surface area contributed by atoms with Crippen LogP contribution in [0.5, 0.6) is 11.5 Å². The topological polar surface area (TPSA) is 81.7 Å². The van der Waals surface area contributed by atoms with Crippen LogP contribution in [0.3, 0.4) is 0 Å². The first kappa shape index (κ1) is 24.9. The Balaban J connectivity index is 1.90. The number of ether oxygens (including phenoxy) is 2. The Labute approximate surface area is 210 Å². The average Bonchev–Trinajstić information content (AvgIpc) is 2.76. The number of hydrogen-bond donors (Lipinski definition) is 1. The molecule has 6 heteroatoms. The minimum absolute atomic E-state index is 0.245. The Bertz CT molecular complexity index is 1430. The highest BCUT2D eigenvalue weighted by molar-refractivity contribution is 6.29. The van der Waals surface area contributed by atoms with Crippen molar-refractivity contribution in [1.29, 1.82) is 0 Å². The number of aryl methyl sites for hydroxylation is 7. The van der Waals surface area contributed by atoms with Gasteiger partial charge in [-0.3, -0.25) is 4.79 Å². The largest absolute Gasteiger partial charge is 0.422 e. The third kappa shape index (κ3) is 4.67. The van der Waals surface area contributed by atoms with Gasteiger partial charge in [0.1, 0.15) is 17.0 Å². The molecule has 36 heavy (non-hydrogen) atoms. The normalized spacial score (nSPS) is 13.9. The lowest BCUT2D eigenvalue weighted by molar-refractivity contribution is -0.133. The van der Waals surface area contributed by atoms with Crippen molar-refractivity contribution in [3.63, 3.8) is 0 Å². The maximum Gasteiger partial charge on any atom is 0.361 e. The molecule has 1 aliphatic rings. The zero-order valence-corrected chi connectivity index (χ0v) is 21.6. The highest BCUT2D eigenvalue weighted by atomic mass is 16.5. The van der Waals surface area contributed by atoms with Crippen LogP contribution in [-0.2, 0) is 9.59 Å². The van der Waals surface area contributed by atoms with E-state index in [9.17, 15) is 14.4 Å². The molecule has 1 N–H and O–H groups in total. The van der Waals surface area contributed by atoms with Crippen LogP contribution in [0.2, 0.25) is 0 Å². The van der Waals surface area contributed by atoms with Crippen LogP contribution in [0.15, 0.2) is 53.7 Å². The quantitative estimate of drug-likeness (QED) is 0.124. The minimum atomic E-state index is -0.926. The summed E-state index contributed by atoms with van der Waals surface area (Å²) in [7, 11) is 0. The number of carbonyl (C=O) groups is 3. The SMILES string of the molecule is Cc1cc(C)c(OC(=O)C(C(=O)c2c(C)cc(C)cc2C)=C2Nc3cc(C)ccc3OC2=O)c(C)c1. The van der Waals surface area contributed by atoms with Crippen LogP contribution in [0.25, 0.3) is 0 Å². The van der Waals surface area contributed by atoms with Crippen LogP contribution in [0.1, 0.15) is 49.3 Å². The molecule has 0 spiro atoms. The van der Waals surface area contributed by atoms with E-state index in [2.05, 4.69) is 5.32 Å². The lowest BCUT2D eigenvalue weighted by Crippen LogP contribution is -2.31. The summed E-state index contributed by atoms with van der Waals surface area (Å²) < 4.78 is 11.3. The second-order valence-electron chi connectivity index (χ2n) is 9.48. The molecule has 6 nitrogen and oxygen atoms in total. The number of hydrogen-bond acceptors (Lipinski definition) is 6. The summed E-state index contributed by atoms with van der Waals surface area (Å²) in [6, 6.07) is 12.8. The highest BCUT2D eigenvalue weighted by Gasteiger charge is 2.35. The van der Waals surface area contributed by atoms with Crippen molar-refractivity contribution in [1.82, 2.24) is 0 Å². The molecular formula is C30H29NO5. The first-order valence-electron chi connectivity index (χ1n) is 11.7. The van der Waals surface area contributed by atoms with Crippen LogP contribution in [0.4, 0.5) is 5.69 Å². The van der Waals surface area contributed by atoms with Crippen LogP contribution < -0.4 is 14.8 Å². The van der Waals surface area contributed by atoms with E-state index in [1.807, 2.05) is 65.0 Å². The molecule has 0 saturated heterocycles. The molecule has 0 saturated carbocycles. The van der Waals surface area contributed by atoms with E-state index in [-0.39, 0.29) is 5.70 Å². The van der Waals surface area contributed by atoms with E-state index >= 15 is 0 Å². The number of benzene rings is 3. The Morgan fingerprint density at radius 3 is 1.89 bits per heavy atom. The van der Waals surface area contributed by atoms with E-state index in [1.165, 1.54) is 0 Å². The molecule has 184 valence electrons. The van der Waals surface area contributed by atoms with E-state index < -0.39 is 23.3 Å². The molecule has 0 bridgehead atoms. The van der Waals surface area contributed by atoms with Crippen molar-refractivity contribution in [3.05, 3.63) is 98.2 Å². The van der Waals surface area contributed by atoms with E-state index in [4.69, 9.17) is 9.47 Å². The zero-order chi connectivity index (χ0) is 26.3. The van der Waals surface area contributed by atoms with Crippen LogP contribution >= 0.6 is 0 Å². The third-order valence-electron chi connectivity index (χ3n) is 6.19. The number of nitrogens with one attached hydrogen (secondary N) is 1. The summed E-state index contributed by atoms with van der Waals surface area (Å²) in [5.41, 5.74) is 6.03. The van der Waals surface area contributed by atoms with Gasteiger partial charge < -0.3 is 14.8 Å². The van der Waals surface area contributed by atoms with Gasteiger partial charge in [0.05, 0.1) is 5.69 Å². The van der Waals surface area contributed by atoms with Gasteiger partial charge in [-0.2, -0.15) is 0 Å². The van der Waals surface area contributed by atoms with E-state index in [0.717, 1.165) is 27.8 Å². The highest BCUT2D eigenvalue weighted by Crippen LogP contribution is 2.34. The monoisotopic (exact) mass is 483 g/mol. The smallest absolute Gasteiger partial charge is 0.361 e. The zero-order valence-electron chi connectivity index (χ0n) is 21.6. The van der Waals surface area contributed by atoms with Crippen molar-refractivity contribution >= 4 is 23.4 Å². The van der Waals surface area contributed by atoms with E-state index in [1.54, 1.807) is 26.0 Å². The Morgan fingerprint density at radius 2 is 1.31 bits per heavy atom. The molecule has 0 aromatic heterocycles. The van der Waals surface area contributed by atoms with Gasteiger partial charge in [-0.05, 0) is 88.4 Å². The van der Waals surface area contributed by atoms with Crippen molar-refractivity contribution in [2.45, 2.75) is 48.5 Å². The fourth-order valence-electron chi connectivity index (χ4n) is 4.77. The second-order valence-corrected chi connectivity index (χ2v) is 9.48. The van der Waals surface area contributed by atoms with Crippen molar-refractivity contribution < 1.29 is 23.9 Å². The molecule has 4 rings (SSSR count). The summed E-state index contributed by atoms with van der Waals surface area (Å²) in [5, 5.41) is 2.98. The van der Waals surface area contributed by atoms with Gasteiger partial charge >= 0.3 is 11.9 Å². The molecule has 0 amide bonds. The molecule has 0 radical (unpaired) electrons. The number of rotatable bonds is 4. The summed E-state index contributed by atoms with van der Waals surface area (Å²) in [6.07, 6.45) is 0. The van der Waals surface area contributed by atoms with E-state index in [0.29, 0.717) is 33.9 Å². The van der Waals surface area contributed by atoms with Crippen molar-refractivity contribution in [2.24, 2.45) is 0 Å². The first-order chi connectivity index (χ1) is 17.0. The van der Waals surface area contributed by atoms with Crippen LogP contribution in [-0.4, -0.2) is 17.7 Å². The number of anilines is 1. The summed E-state index contributed by atoms with van der Waals surface area (Å²) >= 11 is 0. The molecule has 3 aromatic carbocycles. The number of fused-ring (bicyclic) bond motifs is 1. The predicted molar refractivity (Wildman–Crippen MR) is 139 cm³/mol. The number of ketones is 1. The maximum atomic E-state index is 14.0. The van der Waals surface area contributed by atoms with Gasteiger partial charge in [-0.15, -0.1) is 0 Å². The second kappa shape index (κ2) is 9.46. The Hall–Kier alpha value is -4.19. The summed E-state index contributed by atoms with van der Waals surface area (Å²) in [5.74, 6) is -1.68. The predicted octanol–water partition coefficient (Wildman–Crippen LogP) is 5.92. The molecule has 0 unspecified atom stereocenters. The molecule has 0 atom stereocenters. The average molecular weight is 484 g/mol. The van der Waals surface area contributed by atoms with Crippen molar-refractivity contribution in [3.8, 4) is 11.5 Å². The Morgan fingerprint density at radius 1 is 0.750 bits per heavy atom. The molecule has 1 aliphatic heterocycles. The third-order valence-corrected chi connectivity index (χ3v) is 6.19. The fraction of sp³-hybridized carbons (Fsp3) is 0.233. The summed E-state index contributed by atoms with van der Waals surface area (Å²) in [6.45, 7) is 13.1. The van der Waals surface area contributed by atoms with Gasteiger partial charge in [0.25, 0.3) is 0 Å². The standard InChI is InChI=1S/C30H29NO5/c1-15-8-9-23-22(14-15)31-26(30(34)35-23)25(27(32)24-18(4)10-16(2)11-19(24)5)29(33)36-28-20(6)12-17(3)13-21(28)7/h8-14,31H,1-7H3. The fourth-order valence-corrected chi connectivity index (χ4v) is 4.77. The van der Waals surface area contributed by atoms with Gasteiger partial charge in [0.15, 0.2) is 5.75 Å². The molecule has 1 heterocycles.